The Kier molecular flexibility index (Phi) is 25.3. The topological polar surface area (TPSA) is 66.2 Å². The standard InChI is InChI=1S/C7H3N3O.C2H7N.B.4FH/c11-4-5-2-1-3-6-7(5)9-10-8-6;1-3-2;;;;;/h1-3H;3H,1-2H3;;4*1H. The van der Waals surface area contributed by atoms with E-state index in [4.69, 9.17) is 0 Å². The summed E-state index contributed by atoms with van der Waals surface area (Å²) in [5.74, 6) is 1.76. The number of fused-ring (bicyclic) bond motifs is 1. The third kappa shape index (κ3) is 7.79. The van der Waals surface area contributed by atoms with Gasteiger partial charge in [-0.15, -0.1) is 10.2 Å². The van der Waals surface area contributed by atoms with Crippen LogP contribution in [0.15, 0.2) is 33.6 Å². The smallest absolute Gasteiger partial charge is 0.134 e. The highest BCUT2D eigenvalue weighted by atomic mass is 19.0. The molecule has 107 valence electrons. The van der Waals surface area contributed by atoms with Crippen molar-refractivity contribution in [2.75, 3.05) is 14.1 Å². The van der Waals surface area contributed by atoms with Gasteiger partial charge in [0.05, 0.1) is 5.22 Å². The van der Waals surface area contributed by atoms with Crippen LogP contribution in [-0.4, -0.2) is 28.4 Å². The minimum Gasteiger partial charge on any atom is -0.323 e. The van der Waals surface area contributed by atoms with E-state index in [1.807, 2.05) is 14.1 Å². The second-order valence-electron chi connectivity index (χ2n) is 2.56. The number of rotatable bonds is 0. The van der Waals surface area contributed by atoms with Gasteiger partial charge in [-0.3, -0.25) is 18.8 Å². The molecule has 2 rings (SSSR count). The SMILES string of the molecule is CNC.F.F.F.F.O=C=c1cccc2c1=NN=N2.[B]. The van der Waals surface area contributed by atoms with E-state index in [2.05, 4.69) is 20.8 Å². The molecule has 1 aromatic carbocycles. The molecule has 1 N–H and O–H groups in total. The first kappa shape index (κ1) is 30.2. The first-order valence-electron chi connectivity index (χ1n) is 4.05. The molecule has 1 aromatic rings. The van der Waals surface area contributed by atoms with Crippen molar-refractivity contribution in [2.45, 2.75) is 0 Å². The third-order valence-electron chi connectivity index (χ3n) is 1.42. The molecular formula is C9H14BF4N4O. The Labute approximate surface area is 108 Å². The summed E-state index contributed by atoms with van der Waals surface area (Å²) in [5.41, 5.74) is 0.630. The summed E-state index contributed by atoms with van der Waals surface area (Å²) in [5, 5.41) is 14.5. The van der Waals surface area contributed by atoms with E-state index in [1.165, 1.54) is 0 Å². The third-order valence-corrected chi connectivity index (χ3v) is 1.42. The number of halogens is 4. The highest BCUT2D eigenvalue weighted by molar-refractivity contribution is 5.75. The van der Waals surface area contributed by atoms with Crippen LogP contribution in [0.2, 0.25) is 0 Å². The van der Waals surface area contributed by atoms with Crippen molar-refractivity contribution >= 4 is 20.0 Å². The van der Waals surface area contributed by atoms with Crippen molar-refractivity contribution in [1.29, 1.82) is 0 Å². The zero-order valence-corrected chi connectivity index (χ0v) is 10.2. The fourth-order valence-corrected chi connectivity index (χ4v) is 0.915. The van der Waals surface area contributed by atoms with Gasteiger partial charge in [0, 0.05) is 8.41 Å². The number of nitrogens with one attached hydrogen (secondary N) is 1. The van der Waals surface area contributed by atoms with Gasteiger partial charge in [0.2, 0.25) is 0 Å². The lowest BCUT2D eigenvalue weighted by molar-refractivity contribution is 0.567. The summed E-state index contributed by atoms with van der Waals surface area (Å²) < 4.78 is 0. The summed E-state index contributed by atoms with van der Waals surface area (Å²) in [6, 6.07) is 5.10. The summed E-state index contributed by atoms with van der Waals surface area (Å²) in [7, 11) is 3.75. The minimum absolute atomic E-state index is 0. The molecule has 1 heterocycles. The van der Waals surface area contributed by atoms with Crippen LogP contribution in [0.5, 0.6) is 0 Å². The molecule has 10 heteroatoms. The predicted molar refractivity (Wildman–Crippen MR) is 67.3 cm³/mol. The highest BCUT2D eigenvalue weighted by Gasteiger charge is 2.00. The van der Waals surface area contributed by atoms with E-state index in [1.54, 1.807) is 24.1 Å². The Balaban J connectivity index is -0.0000000758. The molecule has 0 aliphatic carbocycles. The number of nitrogens with zero attached hydrogens (tertiary/aromatic N) is 3. The monoisotopic (exact) mass is 281 g/mol. The van der Waals surface area contributed by atoms with Crippen molar-refractivity contribution in [3.8, 4) is 0 Å². The van der Waals surface area contributed by atoms with Crippen LogP contribution in [0.4, 0.5) is 24.5 Å². The van der Waals surface area contributed by atoms with Crippen molar-refractivity contribution in [3.05, 3.63) is 28.8 Å². The zero-order valence-electron chi connectivity index (χ0n) is 10.2. The maximum absolute atomic E-state index is 10.3. The molecule has 1 aliphatic heterocycles. The van der Waals surface area contributed by atoms with E-state index in [-0.39, 0.29) is 27.2 Å². The molecule has 5 nitrogen and oxygen atoms in total. The Morgan fingerprint density at radius 1 is 1.11 bits per heavy atom. The van der Waals surface area contributed by atoms with E-state index >= 15 is 0 Å². The van der Waals surface area contributed by atoms with Crippen LogP contribution in [0.3, 0.4) is 0 Å². The van der Waals surface area contributed by atoms with Gasteiger partial charge >= 0.3 is 0 Å². The number of hydrogen-bond donors (Lipinski definition) is 1. The maximum Gasteiger partial charge on any atom is 0.134 e. The quantitative estimate of drug-likeness (QED) is 0.532. The predicted octanol–water partition coefficient (Wildman–Crippen LogP) is -0.113. The Morgan fingerprint density at radius 3 is 2.11 bits per heavy atom. The molecule has 0 spiro atoms. The Hall–Kier alpha value is -2.06. The molecule has 0 unspecified atom stereocenters. The summed E-state index contributed by atoms with van der Waals surface area (Å²) in [4.78, 5) is 10.3. The van der Waals surface area contributed by atoms with Gasteiger partial charge in [-0.25, -0.2) is 4.79 Å². The normalized spacial score (nSPS) is 7.89. The molecule has 0 saturated carbocycles. The van der Waals surface area contributed by atoms with Gasteiger partial charge in [0.15, 0.2) is 0 Å². The number of hydrogen-bond acceptors (Lipinski definition) is 5. The van der Waals surface area contributed by atoms with Crippen molar-refractivity contribution in [2.24, 2.45) is 15.4 Å². The molecule has 1 aliphatic rings. The highest BCUT2D eigenvalue weighted by Crippen LogP contribution is 2.05. The average molecular weight is 281 g/mol. The second-order valence-corrected chi connectivity index (χ2v) is 2.56. The first-order valence-corrected chi connectivity index (χ1v) is 4.05. The van der Waals surface area contributed by atoms with Gasteiger partial charge in [-0.1, -0.05) is 6.07 Å². The maximum atomic E-state index is 10.3. The lowest BCUT2D eigenvalue weighted by atomic mass is 10.2. The molecule has 0 atom stereocenters. The van der Waals surface area contributed by atoms with Gasteiger partial charge < -0.3 is 5.32 Å². The number of benzene rings is 1. The zero-order chi connectivity index (χ0) is 10.4. The van der Waals surface area contributed by atoms with Gasteiger partial charge in [0.25, 0.3) is 0 Å². The Morgan fingerprint density at radius 2 is 1.63 bits per heavy atom. The van der Waals surface area contributed by atoms with Crippen molar-refractivity contribution in [3.63, 3.8) is 0 Å². The van der Waals surface area contributed by atoms with E-state index < -0.39 is 0 Å². The molecule has 0 aromatic heterocycles. The molecule has 19 heavy (non-hydrogen) atoms. The van der Waals surface area contributed by atoms with Crippen LogP contribution in [0.1, 0.15) is 0 Å². The van der Waals surface area contributed by atoms with Crippen LogP contribution in [-0.2, 0) is 4.79 Å². The van der Waals surface area contributed by atoms with Crippen LogP contribution < -0.4 is 15.9 Å². The van der Waals surface area contributed by atoms with Gasteiger partial charge in [-0.05, 0) is 31.5 Å². The van der Waals surface area contributed by atoms with Crippen LogP contribution in [0.25, 0.3) is 0 Å². The van der Waals surface area contributed by atoms with E-state index in [9.17, 15) is 4.79 Å². The fraction of sp³-hybridized carbons (Fsp3) is 0.222. The van der Waals surface area contributed by atoms with Gasteiger partial charge in [-0.2, -0.15) is 0 Å². The van der Waals surface area contributed by atoms with Crippen LogP contribution >= 0.6 is 0 Å². The fourth-order valence-electron chi connectivity index (χ4n) is 0.915. The Bertz CT molecular complexity index is 493. The molecule has 0 fully saturated rings. The largest absolute Gasteiger partial charge is 0.323 e. The van der Waals surface area contributed by atoms with E-state index in [0.29, 0.717) is 16.3 Å². The lowest BCUT2D eigenvalue weighted by Gasteiger charge is -1.82. The first-order chi connectivity index (χ1) is 6.83. The van der Waals surface area contributed by atoms with Crippen molar-refractivity contribution < 1.29 is 23.6 Å². The van der Waals surface area contributed by atoms with E-state index in [0.717, 1.165) is 0 Å². The molecule has 0 saturated heterocycles. The summed E-state index contributed by atoms with van der Waals surface area (Å²) >= 11 is 0. The lowest BCUT2D eigenvalue weighted by Crippen LogP contribution is -2.24. The molecular weight excluding hydrogens is 267 g/mol. The molecule has 0 amide bonds. The summed E-state index contributed by atoms with van der Waals surface area (Å²) in [6.07, 6.45) is 0. The van der Waals surface area contributed by atoms with Crippen LogP contribution in [0, 0.1) is 0 Å². The van der Waals surface area contributed by atoms with Crippen molar-refractivity contribution in [1.82, 2.24) is 5.32 Å². The summed E-state index contributed by atoms with van der Waals surface area (Å²) in [6.45, 7) is 0. The number of carbonyl (C=O) groups excluding carboxylic acids is 1. The van der Waals surface area contributed by atoms with Gasteiger partial charge in [0.1, 0.15) is 17.0 Å². The average Bonchev–Trinajstić information content (AvgIpc) is 2.66. The molecule has 0 bridgehead atoms. The minimum atomic E-state index is 0. The second kappa shape index (κ2) is 15.9. The molecule has 3 radical (unpaired) electrons.